The number of nitrogen functional groups attached to an aromatic ring is 1. The van der Waals surface area contributed by atoms with E-state index in [1.807, 2.05) is 0 Å². The van der Waals surface area contributed by atoms with E-state index in [9.17, 15) is 4.79 Å². The summed E-state index contributed by atoms with van der Waals surface area (Å²) in [5.41, 5.74) is 13.5. The Balaban J connectivity index is 2.42. The average molecular weight is 331 g/mol. The molecule has 100 valence electrons. The molecule has 0 aliphatic heterocycles. The second kappa shape index (κ2) is 5.63. The predicted octanol–water partition coefficient (Wildman–Crippen LogP) is 2.75. The zero-order valence-electron chi connectivity index (χ0n) is 10.4. The van der Waals surface area contributed by atoms with Crippen LogP contribution >= 0.6 is 15.9 Å². The Morgan fingerprint density at radius 3 is 2.60 bits per heavy atom. The van der Waals surface area contributed by atoms with Crippen LogP contribution in [0.25, 0.3) is 0 Å². The Bertz CT molecular complexity index is 722. The molecule has 5 nitrogen and oxygen atoms in total. The SMILES string of the molecule is N#Cc1cc(Br)ccc1Nc1cc(C(N)=O)ccc1N. The van der Waals surface area contributed by atoms with Gasteiger partial charge in [-0.15, -0.1) is 0 Å². The summed E-state index contributed by atoms with van der Waals surface area (Å²) < 4.78 is 0.804. The van der Waals surface area contributed by atoms with Crippen LogP contribution in [0, 0.1) is 11.3 Å². The Morgan fingerprint density at radius 1 is 1.20 bits per heavy atom. The molecule has 0 saturated carbocycles. The number of nitrogens with zero attached hydrogens (tertiary/aromatic N) is 1. The van der Waals surface area contributed by atoms with Gasteiger partial charge in [-0.3, -0.25) is 4.79 Å². The number of halogens is 1. The average Bonchev–Trinajstić information content (AvgIpc) is 2.42. The zero-order valence-corrected chi connectivity index (χ0v) is 11.9. The summed E-state index contributed by atoms with van der Waals surface area (Å²) in [7, 11) is 0. The molecule has 20 heavy (non-hydrogen) atoms. The van der Waals surface area contributed by atoms with Crippen LogP contribution in [-0.2, 0) is 0 Å². The van der Waals surface area contributed by atoms with E-state index >= 15 is 0 Å². The summed E-state index contributed by atoms with van der Waals surface area (Å²) in [5.74, 6) is -0.538. The Kier molecular flexibility index (Phi) is 3.91. The Morgan fingerprint density at radius 2 is 1.95 bits per heavy atom. The minimum atomic E-state index is -0.538. The molecule has 2 rings (SSSR count). The molecule has 0 spiro atoms. The number of amides is 1. The molecule has 5 N–H and O–H groups in total. The minimum Gasteiger partial charge on any atom is -0.397 e. The van der Waals surface area contributed by atoms with Crippen molar-refractivity contribution in [3.63, 3.8) is 0 Å². The maximum absolute atomic E-state index is 11.2. The van der Waals surface area contributed by atoms with Gasteiger partial charge in [0.1, 0.15) is 6.07 Å². The summed E-state index contributed by atoms with van der Waals surface area (Å²) in [6.45, 7) is 0. The molecule has 0 unspecified atom stereocenters. The number of nitrogens with two attached hydrogens (primary N) is 2. The van der Waals surface area contributed by atoms with E-state index in [0.717, 1.165) is 4.47 Å². The van der Waals surface area contributed by atoms with Gasteiger partial charge in [-0.25, -0.2) is 0 Å². The highest BCUT2D eigenvalue weighted by atomic mass is 79.9. The number of nitriles is 1. The van der Waals surface area contributed by atoms with Gasteiger partial charge in [0.05, 0.1) is 22.6 Å². The smallest absolute Gasteiger partial charge is 0.248 e. The third-order valence-corrected chi connectivity index (χ3v) is 3.20. The molecule has 6 heteroatoms. The van der Waals surface area contributed by atoms with E-state index in [2.05, 4.69) is 27.3 Å². The third kappa shape index (κ3) is 2.90. The van der Waals surface area contributed by atoms with E-state index in [0.29, 0.717) is 28.2 Å². The van der Waals surface area contributed by atoms with Gasteiger partial charge >= 0.3 is 0 Å². The van der Waals surface area contributed by atoms with E-state index in [4.69, 9.17) is 16.7 Å². The van der Waals surface area contributed by atoms with Crippen LogP contribution in [0.5, 0.6) is 0 Å². The van der Waals surface area contributed by atoms with Crippen molar-refractivity contribution in [3.05, 3.63) is 52.0 Å². The topological polar surface area (TPSA) is 105 Å². The highest BCUT2D eigenvalue weighted by Gasteiger charge is 2.08. The second-order valence-electron chi connectivity index (χ2n) is 4.09. The van der Waals surface area contributed by atoms with E-state index in [1.54, 1.807) is 36.4 Å². The van der Waals surface area contributed by atoms with Crippen molar-refractivity contribution in [2.45, 2.75) is 0 Å². The fraction of sp³-hybridized carbons (Fsp3) is 0. The first-order valence-electron chi connectivity index (χ1n) is 5.67. The minimum absolute atomic E-state index is 0.345. The molecule has 0 aromatic heterocycles. The lowest BCUT2D eigenvalue weighted by Gasteiger charge is -2.12. The largest absolute Gasteiger partial charge is 0.397 e. The monoisotopic (exact) mass is 330 g/mol. The highest BCUT2D eigenvalue weighted by Crippen LogP contribution is 2.28. The molecule has 0 radical (unpaired) electrons. The number of carbonyl (C=O) groups excluding carboxylic acids is 1. The van der Waals surface area contributed by atoms with Crippen molar-refractivity contribution in [2.24, 2.45) is 5.73 Å². The molecule has 0 atom stereocenters. The van der Waals surface area contributed by atoms with Crippen LogP contribution in [-0.4, -0.2) is 5.91 Å². The number of anilines is 3. The van der Waals surface area contributed by atoms with Crippen molar-refractivity contribution < 1.29 is 4.79 Å². The highest BCUT2D eigenvalue weighted by molar-refractivity contribution is 9.10. The molecule has 2 aromatic rings. The maximum Gasteiger partial charge on any atom is 0.248 e. The number of hydrogen-bond acceptors (Lipinski definition) is 4. The standard InChI is InChI=1S/C14H11BrN4O/c15-10-2-4-12(9(5-10)7-16)19-13-6-8(14(18)20)1-3-11(13)17/h1-6,19H,17H2,(H2,18,20). The lowest BCUT2D eigenvalue weighted by Crippen LogP contribution is -2.11. The number of benzene rings is 2. The van der Waals surface area contributed by atoms with Gasteiger partial charge in [0, 0.05) is 10.0 Å². The second-order valence-corrected chi connectivity index (χ2v) is 5.01. The Labute approximate surface area is 124 Å². The molecule has 0 aliphatic rings. The van der Waals surface area contributed by atoms with Gasteiger partial charge in [-0.1, -0.05) is 15.9 Å². The first kappa shape index (κ1) is 13.9. The third-order valence-electron chi connectivity index (χ3n) is 2.71. The molecule has 0 aliphatic carbocycles. The van der Waals surface area contributed by atoms with Gasteiger partial charge in [-0.05, 0) is 36.4 Å². The van der Waals surface area contributed by atoms with Crippen molar-refractivity contribution in [3.8, 4) is 6.07 Å². The molecule has 0 heterocycles. The van der Waals surface area contributed by atoms with Gasteiger partial charge in [0.25, 0.3) is 0 Å². The molecular formula is C14H11BrN4O. The van der Waals surface area contributed by atoms with Crippen LogP contribution in [0.4, 0.5) is 17.1 Å². The van der Waals surface area contributed by atoms with Crippen molar-refractivity contribution >= 4 is 38.9 Å². The summed E-state index contributed by atoms with van der Waals surface area (Å²) >= 11 is 3.30. The summed E-state index contributed by atoms with van der Waals surface area (Å²) in [6, 6.07) is 12.0. The Hall–Kier alpha value is -2.52. The van der Waals surface area contributed by atoms with Crippen LogP contribution in [0.1, 0.15) is 15.9 Å². The van der Waals surface area contributed by atoms with E-state index in [1.165, 1.54) is 0 Å². The van der Waals surface area contributed by atoms with Gasteiger partial charge in [0.15, 0.2) is 0 Å². The molecule has 1 amide bonds. The molecule has 0 fully saturated rings. The normalized spacial score (nSPS) is 9.80. The van der Waals surface area contributed by atoms with Gasteiger partial charge in [-0.2, -0.15) is 5.26 Å². The van der Waals surface area contributed by atoms with E-state index < -0.39 is 5.91 Å². The van der Waals surface area contributed by atoms with Crippen molar-refractivity contribution in [1.29, 1.82) is 5.26 Å². The lowest BCUT2D eigenvalue weighted by molar-refractivity contribution is 0.100. The number of rotatable bonds is 3. The van der Waals surface area contributed by atoms with E-state index in [-0.39, 0.29) is 0 Å². The van der Waals surface area contributed by atoms with Crippen LogP contribution < -0.4 is 16.8 Å². The fourth-order valence-electron chi connectivity index (χ4n) is 1.68. The van der Waals surface area contributed by atoms with Crippen LogP contribution in [0.15, 0.2) is 40.9 Å². The molecule has 0 saturated heterocycles. The molecule has 0 bridgehead atoms. The van der Waals surface area contributed by atoms with Crippen LogP contribution in [0.3, 0.4) is 0 Å². The zero-order chi connectivity index (χ0) is 14.7. The fourth-order valence-corrected chi connectivity index (χ4v) is 2.04. The quantitative estimate of drug-likeness (QED) is 0.752. The first-order chi connectivity index (χ1) is 9.51. The van der Waals surface area contributed by atoms with Crippen molar-refractivity contribution in [2.75, 3.05) is 11.1 Å². The lowest BCUT2D eigenvalue weighted by atomic mass is 10.1. The summed E-state index contributed by atoms with van der Waals surface area (Å²) in [6.07, 6.45) is 0. The number of hydrogen-bond donors (Lipinski definition) is 3. The summed E-state index contributed by atoms with van der Waals surface area (Å²) in [5, 5.41) is 12.2. The summed E-state index contributed by atoms with van der Waals surface area (Å²) in [4.78, 5) is 11.2. The number of primary amides is 1. The van der Waals surface area contributed by atoms with Gasteiger partial charge < -0.3 is 16.8 Å². The maximum atomic E-state index is 11.2. The first-order valence-corrected chi connectivity index (χ1v) is 6.46. The number of carbonyl (C=O) groups is 1. The van der Waals surface area contributed by atoms with Gasteiger partial charge in [0.2, 0.25) is 5.91 Å². The number of nitrogens with one attached hydrogen (secondary N) is 1. The molecule has 2 aromatic carbocycles. The molecular weight excluding hydrogens is 320 g/mol. The predicted molar refractivity (Wildman–Crippen MR) is 81.5 cm³/mol. The van der Waals surface area contributed by atoms with Crippen LogP contribution in [0.2, 0.25) is 0 Å². The van der Waals surface area contributed by atoms with Crippen molar-refractivity contribution in [1.82, 2.24) is 0 Å².